The zero-order valence-corrected chi connectivity index (χ0v) is 11.5. The van der Waals surface area contributed by atoms with E-state index >= 15 is 0 Å². The van der Waals surface area contributed by atoms with Crippen LogP contribution in [0.2, 0.25) is 0 Å². The summed E-state index contributed by atoms with van der Waals surface area (Å²) in [5, 5.41) is -0.141. The van der Waals surface area contributed by atoms with Crippen LogP contribution in [0.5, 0.6) is 5.75 Å². The highest BCUT2D eigenvalue weighted by Crippen LogP contribution is 2.46. The maximum atomic E-state index is 13.3. The van der Waals surface area contributed by atoms with Crippen molar-refractivity contribution in [3.05, 3.63) is 18.2 Å². The molecule has 2 aromatic rings. The Bertz CT molecular complexity index is 763. The minimum Gasteiger partial charge on any atom is -0.486 e. The maximum absolute atomic E-state index is 13.3. The number of hydrogen-bond acceptors (Lipinski definition) is 5. The highest BCUT2D eigenvalue weighted by Gasteiger charge is 2.73. The first-order chi connectivity index (χ1) is 10.9. The highest BCUT2D eigenvalue weighted by molar-refractivity contribution is 5.94. The monoisotopic (exact) mass is 358 g/mol. The van der Waals surface area contributed by atoms with E-state index in [4.69, 9.17) is 11.5 Å². The number of fused-ring (bicyclic) bond motifs is 1. The second-order valence-electron chi connectivity index (χ2n) is 4.68. The van der Waals surface area contributed by atoms with Crippen LogP contribution in [0.4, 0.5) is 42.5 Å². The summed E-state index contributed by atoms with van der Waals surface area (Å²) < 4.78 is 92.9. The third-order valence-electron chi connectivity index (χ3n) is 2.95. The smallest absolute Gasteiger partial charge is 0.460 e. The van der Waals surface area contributed by atoms with Crippen LogP contribution in [0.3, 0.4) is 0 Å². The van der Waals surface area contributed by atoms with E-state index < -0.39 is 30.4 Å². The quantitative estimate of drug-likeness (QED) is 0.821. The molecule has 0 fully saturated rings. The summed E-state index contributed by atoms with van der Waals surface area (Å²) in [6, 6.07) is 3.63. The van der Waals surface area contributed by atoms with Crippen LogP contribution >= 0.6 is 0 Å². The van der Waals surface area contributed by atoms with Gasteiger partial charge in [-0.05, 0) is 12.1 Å². The molecular formula is C12H9F7N4O. The Balaban J connectivity index is 2.35. The highest BCUT2D eigenvalue weighted by atomic mass is 19.4. The van der Waals surface area contributed by atoms with Crippen molar-refractivity contribution >= 4 is 22.7 Å². The molecule has 1 aromatic carbocycles. The van der Waals surface area contributed by atoms with Crippen molar-refractivity contribution in [2.45, 2.75) is 18.0 Å². The molecule has 1 aromatic heterocycles. The van der Waals surface area contributed by atoms with Gasteiger partial charge in [0.25, 0.3) is 0 Å². The molecule has 0 aliphatic rings. The predicted octanol–water partition coefficient (Wildman–Crippen LogP) is 3.01. The summed E-state index contributed by atoms with van der Waals surface area (Å²) in [5.41, 5.74) is 10.9. The molecule has 12 heteroatoms. The van der Waals surface area contributed by atoms with Crippen LogP contribution in [0, 0.1) is 0 Å². The van der Waals surface area contributed by atoms with E-state index in [-0.39, 0.29) is 22.7 Å². The van der Waals surface area contributed by atoms with Crippen molar-refractivity contribution in [2.75, 3.05) is 18.1 Å². The average molecular weight is 358 g/mol. The zero-order chi connectivity index (χ0) is 18.3. The van der Waals surface area contributed by atoms with E-state index in [0.717, 1.165) is 6.07 Å². The number of anilines is 2. The Morgan fingerprint density at radius 1 is 0.958 bits per heavy atom. The molecule has 0 bridgehead atoms. The number of nitrogen functional groups attached to an aromatic ring is 2. The fourth-order valence-electron chi connectivity index (χ4n) is 1.78. The van der Waals surface area contributed by atoms with Crippen molar-refractivity contribution in [1.82, 2.24) is 9.97 Å². The lowest BCUT2D eigenvalue weighted by molar-refractivity contribution is -0.358. The van der Waals surface area contributed by atoms with Crippen LogP contribution in [-0.4, -0.2) is 34.6 Å². The Hall–Kier alpha value is -2.53. The second-order valence-corrected chi connectivity index (χ2v) is 4.68. The van der Waals surface area contributed by atoms with Crippen LogP contribution < -0.4 is 16.2 Å². The first kappa shape index (κ1) is 17.8. The van der Waals surface area contributed by atoms with Crippen molar-refractivity contribution in [3.8, 4) is 5.75 Å². The number of halogens is 7. The van der Waals surface area contributed by atoms with Gasteiger partial charge in [-0.1, -0.05) is 6.07 Å². The number of nitrogens with zero attached hydrogens (tertiary/aromatic N) is 2. The Morgan fingerprint density at radius 3 is 2.17 bits per heavy atom. The third kappa shape index (κ3) is 2.95. The van der Waals surface area contributed by atoms with Crippen LogP contribution in [-0.2, 0) is 0 Å². The van der Waals surface area contributed by atoms with Gasteiger partial charge in [0.15, 0.2) is 6.61 Å². The first-order valence-corrected chi connectivity index (χ1v) is 6.14. The van der Waals surface area contributed by atoms with Gasteiger partial charge in [-0.15, -0.1) is 0 Å². The number of hydrogen-bond donors (Lipinski definition) is 2. The molecule has 0 spiro atoms. The summed E-state index contributed by atoms with van der Waals surface area (Å²) in [6.45, 7) is -2.23. The van der Waals surface area contributed by atoms with E-state index in [1.54, 1.807) is 0 Å². The normalized spacial score (nSPS) is 13.3. The molecular weight excluding hydrogens is 349 g/mol. The van der Waals surface area contributed by atoms with Gasteiger partial charge in [-0.2, -0.15) is 35.7 Å². The van der Waals surface area contributed by atoms with Crippen molar-refractivity contribution in [2.24, 2.45) is 0 Å². The molecule has 0 atom stereocenters. The molecule has 4 N–H and O–H groups in total. The topological polar surface area (TPSA) is 87.0 Å². The standard InChI is InChI=1S/C12H9F7N4O/c13-10(14,11(15,16)12(17,18)19)4-24-6-3-1-2-5-7(6)8(20)23-9(21)22-5/h1-3H,4H2,(H4,20,21,22,23). The number of alkyl halides is 7. The molecule has 24 heavy (non-hydrogen) atoms. The number of ether oxygens (including phenoxy) is 1. The number of benzene rings is 1. The number of rotatable bonds is 4. The molecule has 0 aliphatic heterocycles. The van der Waals surface area contributed by atoms with Gasteiger partial charge < -0.3 is 16.2 Å². The third-order valence-corrected chi connectivity index (χ3v) is 2.95. The zero-order valence-electron chi connectivity index (χ0n) is 11.5. The van der Waals surface area contributed by atoms with Crippen LogP contribution in [0.1, 0.15) is 0 Å². The maximum Gasteiger partial charge on any atom is 0.460 e. The molecule has 0 aliphatic carbocycles. The van der Waals surface area contributed by atoms with E-state index in [1.165, 1.54) is 12.1 Å². The predicted molar refractivity (Wildman–Crippen MR) is 69.8 cm³/mol. The van der Waals surface area contributed by atoms with Gasteiger partial charge in [-0.3, -0.25) is 0 Å². The summed E-state index contributed by atoms with van der Waals surface area (Å²) in [6.07, 6.45) is -6.44. The molecule has 0 amide bonds. The summed E-state index contributed by atoms with van der Waals surface area (Å²) in [5.74, 6) is -12.8. The molecule has 132 valence electrons. The summed E-state index contributed by atoms with van der Waals surface area (Å²) >= 11 is 0. The van der Waals surface area contributed by atoms with Crippen LogP contribution in [0.15, 0.2) is 18.2 Å². The minimum atomic E-state index is -6.44. The lowest BCUT2D eigenvalue weighted by Gasteiger charge is -2.28. The summed E-state index contributed by atoms with van der Waals surface area (Å²) in [4.78, 5) is 7.26. The summed E-state index contributed by atoms with van der Waals surface area (Å²) in [7, 11) is 0. The van der Waals surface area contributed by atoms with E-state index in [9.17, 15) is 30.7 Å². The number of nitrogens with two attached hydrogens (primary N) is 2. The molecule has 0 saturated carbocycles. The Kier molecular flexibility index (Phi) is 4.10. The van der Waals surface area contributed by atoms with Gasteiger partial charge in [0.2, 0.25) is 5.95 Å². The fourth-order valence-corrected chi connectivity index (χ4v) is 1.78. The number of aromatic nitrogens is 2. The molecule has 1 heterocycles. The fraction of sp³-hybridized carbons (Fsp3) is 0.333. The van der Waals surface area contributed by atoms with Crippen molar-refractivity contribution in [3.63, 3.8) is 0 Å². The lowest BCUT2D eigenvalue weighted by atomic mass is 10.1. The van der Waals surface area contributed by atoms with Crippen LogP contribution in [0.25, 0.3) is 10.9 Å². The first-order valence-electron chi connectivity index (χ1n) is 6.14. The van der Waals surface area contributed by atoms with E-state index in [0.29, 0.717) is 0 Å². The molecule has 2 rings (SSSR count). The van der Waals surface area contributed by atoms with E-state index in [1.807, 2.05) is 0 Å². The van der Waals surface area contributed by atoms with Gasteiger partial charge in [0, 0.05) is 0 Å². The largest absolute Gasteiger partial charge is 0.486 e. The molecule has 0 saturated heterocycles. The Labute approximate surface area is 129 Å². The van der Waals surface area contributed by atoms with Gasteiger partial charge in [0.05, 0.1) is 10.9 Å². The second kappa shape index (κ2) is 5.53. The van der Waals surface area contributed by atoms with Crippen molar-refractivity contribution < 1.29 is 35.5 Å². The van der Waals surface area contributed by atoms with Gasteiger partial charge in [0.1, 0.15) is 11.6 Å². The molecule has 0 radical (unpaired) electrons. The Morgan fingerprint density at radius 2 is 1.58 bits per heavy atom. The molecule has 0 unspecified atom stereocenters. The minimum absolute atomic E-state index is 0.0448. The SMILES string of the molecule is Nc1nc(N)c2c(OCC(F)(F)C(F)(F)C(F)(F)F)cccc2n1. The van der Waals surface area contributed by atoms with Crippen molar-refractivity contribution in [1.29, 1.82) is 0 Å². The van der Waals surface area contributed by atoms with Gasteiger partial charge >= 0.3 is 18.0 Å². The van der Waals surface area contributed by atoms with E-state index in [2.05, 4.69) is 14.7 Å². The molecule has 5 nitrogen and oxygen atoms in total. The average Bonchev–Trinajstić information content (AvgIpc) is 2.43. The van der Waals surface area contributed by atoms with Gasteiger partial charge in [-0.25, -0.2) is 4.98 Å². The lowest BCUT2D eigenvalue weighted by Crippen LogP contribution is -2.54.